The molecule has 1 aliphatic rings. The first-order valence-electron chi connectivity index (χ1n) is 10.9. The van der Waals surface area contributed by atoms with Crippen LogP contribution in [-0.4, -0.2) is 78.9 Å². The van der Waals surface area contributed by atoms with Crippen LogP contribution in [0.5, 0.6) is 0 Å². The van der Waals surface area contributed by atoms with Gasteiger partial charge in [0.2, 0.25) is 0 Å². The number of aromatic nitrogens is 2. The molecule has 31 heavy (non-hydrogen) atoms. The fourth-order valence-corrected chi connectivity index (χ4v) is 3.95. The molecule has 0 amide bonds. The van der Waals surface area contributed by atoms with Gasteiger partial charge in [-0.25, -0.2) is 4.68 Å². The molecule has 172 valence electrons. The normalized spacial score (nSPS) is 16.6. The van der Waals surface area contributed by atoms with Crippen LogP contribution in [0.4, 0.5) is 0 Å². The summed E-state index contributed by atoms with van der Waals surface area (Å²) in [7, 11) is 4.03. The molecule has 7 nitrogen and oxygen atoms in total. The second-order valence-corrected chi connectivity index (χ2v) is 8.48. The van der Waals surface area contributed by atoms with Gasteiger partial charge in [0.05, 0.1) is 11.4 Å². The molecule has 0 aliphatic carbocycles. The van der Waals surface area contributed by atoms with E-state index >= 15 is 0 Å². The third kappa shape index (κ3) is 7.47. The van der Waals surface area contributed by atoms with Crippen LogP contribution in [0, 0.1) is 19.8 Å². The molecule has 0 bridgehead atoms. The fourth-order valence-electron chi connectivity index (χ4n) is 3.95. The van der Waals surface area contributed by atoms with E-state index in [1.807, 2.05) is 18.7 Å². The number of hydrogen-bond acceptors (Lipinski definition) is 4. The Morgan fingerprint density at radius 2 is 1.84 bits per heavy atom. The summed E-state index contributed by atoms with van der Waals surface area (Å²) >= 11 is 0. The van der Waals surface area contributed by atoms with Crippen molar-refractivity contribution in [2.75, 3.05) is 53.4 Å². The second kappa shape index (κ2) is 12.4. The number of piperazine rings is 1. The van der Waals surface area contributed by atoms with Crippen LogP contribution in [0.1, 0.15) is 23.9 Å². The topological polar surface area (TPSA) is 60.7 Å². The van der Waals surface area contributed by atoms with E-state index in [1.165, 1.54) is 5.56 Å². The molecule has 2 aromatic rings. The van der Waals surface area contributed by atoms with Gasteiger partial charge in [-0.05, 0) is 44.5 Å². The molecule has 0 spiro atoms. The molecule has 1 aliphatic heterocycles. The lowest BCUT2D eigenvalue weighted by Crippen LogP contribution is -2.47. The molecule has 8 heteroatoms. The quantitative estimate of drug-likeness (QED) is 0.322. The van der Waals surface area contributed by atoms with Gasteiger partial charge in [0.15, 0.2) is 5.96 Å². The highest BCUT2D eigenvalue weighted by Gasteiger charge is 2.16. The highest BCUT2D eigenvalue weighted by atomic mass is 127. The van der Waals surface area contributed by atoms with Crippen LogP contribution in [0.2, 0.25) is 0 Å². The Morgan fingerprint density at radius 3 is 2.48 bits per heavy atom. The monoisotopic (exact) mass is 539 g/mol. The maximum absolute atomic E-state index is 4.64. The van der Waals surface area contributed by atoms with Crippen molar-refractivity contribution in [3.63, 3.8) is 0 Å². The number of halogens is 1. The number of guanidine groups is 1. The van der Waals surface area contributed by atoms with Crippen molar-refractivity contribution in [1.29, 1.82) is 0 Å². The summed E-state index contributed by atoms with van der Waals surface area (Å²) in [5, 5.41) is 11.6. The van der Waals surface area contributed by atoms with Crippen molar-refractivity contribution in [1.82, 2.24) is 30.2 Å². The number of likely N-dealkylation sites (N-methyl/N-ethyl adjacent to an activating group) is 1. The van der Waals surface area contributed by atoms with E-state index in [-0.39, 0.29) is 24.0 Å². The lowest BCUT2D eigenvalue weighted by Gasteiger charge is -2.34. The Balaban J connectivity index is 0.00000341. The van der Waals surface area contributed by atoms with Gasteiger partial charge in [-0.15, -0.1) is 24.0 Å². The molecule has 2 N–H and O–H groups in total. The van der Waals surface area contributed by atoms with Crippen LogP contribution < -0.4 is 10.6 Å². The van der Waals surface area contributed by atoms with Crippen LogP contribution >= 0.6 is 24.0 Å². The van der Waals surface area contributed by atoms with Gasteiger partial charge in [-0.1, -0.05) is 25.1 Å². The highest BCUT2D eigenvalue weighted by Crippen LogP contribution is 2.16. The number of benzene rings is 1. The van der Waals surface area contributed by atoms with E-state index in [0.29, 0.717) is 12.5 Å². The Bertz CT molecular complexity index is 840. The summed E-state index contributed by atoms with van der Waals surface area (Å²) < 4.78 is 2.01. The lowest BCUT2D eigenvalue weighted by atomic mass is 10.1. The number of nitrogens with zero attached hydrogens (tertiary/aromatic N) is 5. The number of nitrogens with one attached hydrogen (secondary N) is 2. The molecular weight excluding hydrogens is 501 g/mol. The van der Waals surface area contributed by atoms with Crippen molar-refractivity contribution in [3.8, 4) is 5.69 Å². The first kappa shape index (κ1) is 25.6. The average molecular weight is 540 g/mol. The van der Waals surface area contributed by atoms with Crippen LogP contribution in [0.3, 0.4) is 0 Å². The maximum atomic E-state index is 4.64. The van der Waals surface area contributed by atoms with Crippen LogP contribution in [-0.2, 0) is 6.54 Å². The summed E-state index contributed by atoms with van der Waals surface area (Å²) in [6.07, 6.45) is 0. The molecule has 0 saturated carbocycles. The maximum Gasteiger partial charge on any atom is 0.191 e. The number of rotatable bonds is 7. The fraction of sp³-hybridized carbons (Fsp3) is 0.565. The summed E-state index contributed by atoms with van der Waals surface area (Å²) in [5.74, 6) is 1.40. The molecule has 1 aromatic heterocycles. The van der Waals surface area contributed by atoms with Gasteiger partial charge in [0.1, 0.15) is 0 Å². The zero-order chi connectivity index (χ0) is 21.5. The number of hydrogen-bond donors (Lipinski definition) is 2. The van der Waals surface area contributed by atoms with Crippen molar-refractivity contribution in [2.24, 2.45) is 10.9 Å². The third-order valence-corrected chi connectivity index (χ3v) is 5.68. The number of aryl methyl sites for hydroxylation is 2. The van der Waals surface area contributed by atoms with Gasteiger partial charge in [0, 0.05) is 58.6 Å². The predicted octanol–water partition coefficient (Wildman–Crippen LogP) is 2.66. The van der Waals surface area contributed by atoms with Crippen molar-refractivity contribution >= 4 is 29.9 Å². The zero-order valence-electron chi connectivity index (χ0n) is 19.6. The first-order chi connectivity index (χ1) is 14.5. The van der Waals surface area contributed by atoms with E-state index < -0.39 is 0 Å². The summed E-state index contributed by atoms with van der Waals surface area (Å²) in [5.41, 5.74) is 4.47. The van der Waals surface area contributed by atoms with Gasteiger partial charge in [-0.3, -0.25) is 4.99 Å². The van der Waals surface area contributed by atoms with Crippen molar-refractivity contribution in [3.05, 3.63) is 47.3 Å². The largest absolute Gasteiger partial charge is 0.356 e. The summed E-state index contributed by atoms with van der Waals surface area (Å²) in [6, 6.07) is 10.5. The van der Waals surface area contributed by atoms with E-state index in [0.717, 1.165) is 62.3 Å². The second-order valence-electron chi connectivity index (χ2n) is 8.48. The van der Waals surface area contributed by atoms with E-state index in [4.69, 9.17) is 0 Å². The minimum absolute atomic E-state index is 0. The Morgan fingerprint density at radius 1 is 1.13 bits per heavy atom. The Hall–Kier alpha value is -1.65. The van der Waals surface area contributed by atoms with Crippen molar-refractivity contribution < 1.29 is 0 Å². The lowest BCUT2D eigenvalue weighted by molar-refractivity contribution is 0.139. The molecule has 1 atom stereocenters. The molecule has 2 heterocycles. The van der Waals surface area contributed by atoms with E-state index in [1.54, 1.807) is 0 Å². The van der Waals surface area contributed by atoms with Gasteiger partial charge >= 0.3 is 0 Å². The Kier molecular flexibility index (Phi) is 10.2. The molecule has 3 rings (SSSR count). The SMILES string of the molecule is CN=C(NCc1ccccc1-n1nc(C)cc1C)NCC(C)CN1CCN(C)CC1.I. The van der Waals surface area contributed by atoms with Crippen LogP contribution in [0.15, 0.2) is 35.3 Å². The minimum Gasteiger partial charge on any atom is -0.356 e. The van der Waals surface area contributed by atoms with E-state index in [9.17, 15) is 0 Å². The third-order valence-electron chi connectivity index (χ3n) is 5.68. The molecule has 1 fully saturated rings. The first-order valence-corrected chi connectivity index (χ1v) is 10.9. The van der Waals surface area contributed by atoms with Crippen molar-refractivity contribution in [2.45, 2.75) is 27.3 Å². The smallest absolute Gasteiger partial charge is 0.191 e. The van der Waals surface area contributed by atoms with Gasteiger partial charge in [0.25, 0.3) is 0 Å². The number of aliphatic imine (C=N–C) groups is 1. The predicted molar refractivity (Wildman–Crippen MR) is 140 cm³/mol. The zero-order valence-corrected chi connectivity index (χ0v) is 21.9. The molecule has 0 radical (unpaired) electrons. The summed E-state index contributed by atoms with van der Waals surface area (Å²) in [4.78, 5) is 9.37. The molecular formula is C23H38IN7. The van der Waals surface area contributed by atoms with Gasteiger partial charge < -0.3 is 20.4 Å². The van der Waals surface area contributed by atoms with Crippen LogP contribution in [0.25, 0.3) is 5.69 Å². The van der Waals surface area contributed by atoms with E-state index in [2.05, 4.69) is 81.8 Å². The Labute approximate surface area is 204 Å². The highest BCUT2D eigenvalue weighted by molar-refractivity contribution is 14.0. The standard InChI is InChI=1S/C23H37N7.HI/c1-18(17-29-12-10-28(5)11-13-29)15-25-23(24-4)26-16-21-8-6-7-9-22(21)30-20(3)14-19(2)27-30;/h6-9,14,18H,10-13,15-17H2,1-5H3,(H2,24,25,26);1H. The molecule has 1 saturated heterocycles. The average Bonchev–Trinajstić information content (AvgIpc) is 3.08. The molecule has 1 aromatic carbocycles. The summed E-state index contributed by atoms with van der Waals surface area (Å²) in [6.45, 7) is 13.8. The molecule has 1 unspecified atom stereocenters. The minimum atomic E-state index is 0. The number of para-hydroxylation sites is 1. The van der Waals surface area contributed by atoms with Gasteiger partial charge in [-0.2, -0.15) is 5.10 Å².